The number of ether oxygens (including phenoxy) is 2. The van der Waals surface area contributed by atoms with Gasteiger partial charge in [0, 0.05) is 6.54 Å². The summed E-state index contributed by atoms with van der Waals surface area (Å²) in [5.41, 5.74) is 6.75. The molecule has 1 heterocycles. The third-order valence-corrected chi connectivity index (χ3v) is 4.16. The van der Waals surface area contributed by atoms with Crippen molar-refractivity contribution < 1.29 is 9.47 Å². The Morgan fingerprint density at radius 3 is 2.70 bits per heavy atom. The third kappa shape index (κ3) is 4.11. The van der Waals surface area contributed by atoms with E-state index in [4.69, 9.17) is 15.2 Å². The first-order chi connectivity index (χ1) is 9.74. The number of halogens is 1. The lowest BCUT2D eigenvalue weighted by Crippen LogP contribution is -2.25. The van der Waals surface area contributed by atoms with Crippen LogP contribution in [-0.4, -0.2) is 44.8 Å². The van der Waals surface area contributed by atoms with E-state index in [0.29, 0.717) is 13.2 Å². The van der Waals surface area contributed by atoms with Gasteiger partial charge in [-0.3, -0.25) is 4.90 Å². The van der Waals surface area contributed by atoms with Crippen LogP contribution >= 0.6 is 15.9 Å². The molecule has 0 spiro atoms. The van der Waals surface area contributed by atoms with E-state index >= 15 is 0 Å². The lowest BCUT2D eigenvalue weighted by Gasteiger charge is -2.17. The van der Waals surface area contributed by atoms with Crippen molar-refractivity contribution in [1.29, 1.82) is 0 Å². The zero-order chi connectivity index (χ0) is 14.4. The van der Waals surface area contributed by atoms with Crippen molar-refractivity contribution in [2.75, 3.05) is 39.9 Å². The molecule has 0 aliphatic carbocycles. The fraction of sp³-hybridized carbons (Fsp3) is 0.600. The molecule has 20 heavy (non-hydrogen) atoms. The molecule has 0 amide bonds. The van der Waals surface area contributed by atoms with Gasteiger partial charge >= 0.3 is 0 Å². The Morgan fingerprint density at radius 1 is 1.30 bits per heavy atom. The molecule has 1 fully saturated rings. The molecule has 112 valence electrons. The summed E-state index contributed by atoms with van der Waals surface area (Å²) >= 11 is 3.56. The quantitative estimate of drug-likeness (QED) is 0.826. The van der Waals surface area contributed by atoms with Crippen molar-refractivity contribution in [3.05, 3.63) is 22.2 Å². The third-order valence-electron chi connectivity index (χ3n) is 3.57. The fourth-order valence-corrected chi connectivity index (χ4v) is 3.11. The van der Waals surface area contributed by atoms with Crippen molar-refractivity contribution >= 4 is 15.9 Å². The lowest BCUT2D eigenvalue weighted by molar-refractivity contribution is 0.229. The molecule has 0 saturated carbocycles. The average Bonchev–Trinajstić information content (AvgIpc) is 2.94. The van der Waals surface area contributed by atoms with Gasteiger partial charge in [0.2, 0.25) is 0 Å². The lowest BCUT2D eigenvalue weighted by atomic mass is 10.1. The molecule has 1 saturated heterocycles. The Morgan fingerprint density at radius 2 is 2.05 bits per heavy atom. The smallest absolute Gasteiger partial charge is 0.175 e. The summed E-state index contributed by atoms with van der Waals surface area (Å²) in [6.45, 7) is 4.67. The first kappa shape index (κ1) is 15.6. The van der Waals surface area contributed by atoms with Crippen molar-refractivity contribution in [3.8, 4) is 11.5 Å². The SMILES string of the molecule is COc1cc(CCN)cc(Br)c1OCCN1CCCC1. The Balaban J connectivity index is 1.98. The molecule has 1 aliphatic rings. The van der Waals surface area contributed by atoms with Crippen LogP contribution in [0.15, 0.2) is 16.6 Å². The Hall–Kier alpha value is -0.780. The monoisotopic (exact) mass is 342 g/mol. The van der Waals surface area contributed by atoms with Crippen LogP contribution in [0.2, 0.25) is 0 Å². The maximum Gasteiger partial charge on any atom is 0.175 e. The van der Waals surface area contributed by atoms with Gasteiger partial charge < -0.3 is 15.2 Å². The van der Waals surface area contributed by atoms with Gasteiger partial charge in [0.25, 0.3) is 0 Å². The summed E-state index contributed by atoms with van der Waals surface area (Å²) in [7, 11) is 1.67. The highest BCUT2D eigenvalue weighted by Gasteiger charge is 2.14. The van der Waals surface area contributed by atoms with Crippen LogP contribution in [0.1, 0.15) is 18.4 Å². The number of methoxy groups -OCH3 is 1. The maximum atomic E-state index is 5.91. The van der Waals surface area contributed by atoms with Gasteiger partial charge in [-0.25, -0.2) is 0 Å². The van der Waals surface area contributed by atoms with Crippen molar-refractivity contribution in [2.24, 2.45) is 5.73 Å². The molecule has 0 atom stereocenters. The van der Waals surface area contributed by atoms with Gasteiger partial charge in [0.05, 0.1) is 11.6 Å². The van der Waals surface area contributed by atoms with E-state index in [-0.39, 0.29) is 0 Å². The largest absolute Gasteiger partial charge is 0.493 e. The standard InChI is InChI=1S/C15H23BrN2O2/c1-19-14-11-12(4-5-17)10-13(16)15(14)20-9-8-18-6-2-3-7-18/h10-11H,2-9,17H2,1H3. The summed E-state index contributed by atoms with van der Waals surface area (Å²) < 4.78 is 12.3. The van der Waals surface area contributed by atoms with Crippen molar-refractivity contribution in [1.82, 2.24) is 4.90 Å². The summed E-state index contributed by atoms with van der Waals surface area (Å²) in [6.07, 6.45) is 3.45. The molecule has 0 aromatic heterocycles. The second kappa shape index (κ2) is 7.86. The number of nitrogens with zero attached hydrogens (tertiary/aromatic N) is 1. The summed E-state index contributed by atoms with van der Waals surface area (Å²) in [5.74, 6) is 1.55. The topological polar surface area (TPSA) is 47.7 Å². The maximum absolute atomic E-state index is 5.91. The van der Waals surface area contributed by atoms with Crippen molar-refractivity contribution in [3.63, 3.8) is 0 Å². The van der Waals surface area contributed by atoms with Crippen LogP contribution in [-0.2, 0) is 6.42 Å². The molecule has 1 aliphatic heterocycles. The molecule has 2 rings (SSSR count). The molecule has 5 heteroatoms. The average molecular weight is 343 g/mol. The van der Waals surface area contributed by atoms with Gasteiger partial charge in [-0.2, -0.15) is 0 Å². The van der Waals surface area contributed by atoms with Gasteiger partial charge in [0.1, 0.15) is 6.61 Å². The van der Waals surface area contributed by atoms with E-state index < -0.39 is 0 Å². The molecule has 0 radical (unpaired) electrons. The molecule has 2 N–H and O–H groups in total. The van der Waals surface area contributed by atoms with Crippen LogP contribution in [0.4, 0.5) is 0 Å². The zero-order valence-corrected chi connectivity index (χ0v) is 13.6. The molecule has 1 aromatic rings. The number of rotatable bonds is 7. The molecule has 4 nitrogen and oxygen atoms in total. The Kier molecular flexibility index (Phi) is 6.13. The first-order valence-electron chi connectivity index (χ1n) is 7.16. The summed E-state index contributed by atoms with van der Waals surface area (Å²) in [6, 6.07) is 4.06. The number of hydrogen-bond acceptors (Lipinski definition) is 4. The first-order valence-corrected chi connectivity index (χ1v) is 7.95. The number of hydrogen-bond donors (Lipinski definition) is 1. The predicted molar refractivity (Wildman–Crippen MR) is 84.6 cm³/mol. The van der Waals surface area contributed by atoms with Crippen LogP contribution in [0.3, 0.4) is 0 Å². The Labute approximate surface area is 129 Å². The highest BCUT2D eigenvalue weighted by Crippen LogP contribution is 2.36. The number of benzene rings is 1. The predicted octanol–water partition coefficient (Wildman–Crippen LogP) is 2.43. The van der Waals surface area contributed by atoms with Crippen LogP contribution < -0.4 is 15.2 Å². The molecule has 0 bridgehead atoms. The molecular formula is C15H23BrN2O2. The van der Waals surface area contributed by atoms with E-state index in [1.54, 1.807) is 7.11 Å². The van der Waals surface area contributed by atoms with E-state index in [0.717, 1.165) is 34.5 Å². The molecule has 1 aromatic carbocycles. The fourth-order valence-electron chi connectivity index (χ4n) is 2.51. The van der Waals surface area contributed by atoms with Gasteiger partial charge in [-0.15, -0.1) is 0 Å². The van der Waals surface area contributed by atoms with Gasteiger partial charge in [-0.1, -0.05) is 0 Å². The number of nitrogens with two attached hydrogens (primary N) is 1. The van der Waals surface area contributed by atoms with Crippen LogP contribution in [0.5, 0.6) is 11.5 Å². The zero-order valence-electron chi connectivity index (χ0n) is 12.0. The van der Waals surface area contributed by atoms with Gasteiger partial charge in [0.15, 0.2) is 11.5 Å². The van der Waals surface area contributed by atoms with E-state index in [1.807, 2.05) is 6.07 Å². The highest BCUT2D eigenvalue weighted by atomic mass is 79.9. The van der Waals surface area contributed by atoms with Crippen LogP contribution in [0, 0.1) is 0 Å². The number of likely N-dealkylation sites (tertiary alicyclic amines) is 1. The minimum Gasteiger partial charge on any atom is -0.493 e. The normalized spacial score (nSPS) is 15.6. The van der Waals surface area contributed by atoms with E-state index in [2.05, 4.69) is 26.9 Å². The van der Waals surface area contributed by atoms with Gasteiger partial charge in [-0.05, 0) is 72.5 Å². The Bertz CT molecular complexity index is 434. The molecular weight excluding hydrogens is 320 g/mol. The highest BCUT2D eigenvalue weighted by molar-refractivity contribution is 9.10. The van der Waals surface area contributed by atoms with Crippen molar-refractivity contribution in [2.45, 2.75) is 19.3 Å². The summed E-state index contributed by atoms with van der Waals surface area (Å²) in [5, 5.41) is 0. The minimum atomic E-state index is 0.630. The van der Waals surface area contributed by atoms with E-state index in [1.165, 1.54) is 25.9 Å². The molecule has 0 unspecified atom stereocenters. The van der Waals surface area contributed by atoms with E-state index in [9.17, 15) is 0 Å². The van der Waals surface area contributed by atoms with Crippen LogP contribution in [0.25, 0.3) is 0 Å². The summed E-state index contributed by atoms with van der Waals surface area (Å²) in [4.78, 5) is 2.43. The minimum absolute atomic E-state index is 0.630. The second-order valence-corrected chi connectivity index (χ2v) is 5.90. The second-order valence-electron chi connectivity index (χ2n) is 5.04.